The second-order valence-electron chi connectivity index (χ2n) is 4.32. The molecule has 2 rings (SSSR count). The van der Waals surface area contributed by atoms with Crippen molar-refractivity contribution in [3.05, 3.63) is 24.3 Å². The molecule has 0 saturated carbocycles. The summed E-state index contributed by atoms with van der Waals surface area (Å²) < 4.78 is 97.7. The van der Waals surface area contributed by atoms with Crippen LogP contribution in [-0.2, 0) is 30.4 Å². The number of hydrogen-bond donors (Lipinski definition) is 1. The van der Waals surface area contributed by atoms with Crippen molar-refractivity contribution < 1.29 is 133 Å². The van der Waals surface area contributed by atoms with E-state index in [-0.39, 0.29) is 94.7 Å². The average molecular weight is 450 g/mol. The smallest absolute Gasteiger partial charge is 0.872 e. The molecule has 0 bridgehead atoms. The molecule has 0 aliphatic heterocycles. The Kier molecular flexibility index (Phi) is 11.1. The molecule has 0 aliphatic carbocycles. The molecule has 0 amide bonds. The molecule has 10 nitrogen and oxygen atoms in total. The molecular formula is C10H5Na3O10S3. The maximum atomic E-state index is 11.6. The summed E-state index contributed by atoms with van der Waals surface area (Å²) in [7, 11) is -15.5. The van der Waals surface area contributed by atoms with Gasteiger partial charge in [-0.3, -0.25) is 4.55 Å². The molecule has 2 aromatic carbocycles. The van der Waals surface area contributed by atoms with Gasteiger partial charge in [0.1, 0.15) is 20.2 Å². The van der Waals surface area contributed by atoms with Crippen LogP contribution in [0.4, 0.5) is 0 Å². The summed E-state index contributed by atoms with van der Waals surface area (Å²) in [6, 6.07) is 1.77. The molecule has 126 valence electrons. The Hall–Kier alpha value is 1.23. The van der Waals surface area contributed by atoms with Gasteiger partial charge in [-0.15, -0.1) is 0 Å². The summed E-state index contributed by atoms with van der Waals surface area (Å²) in [6.45, 7) is 0. The summed E-state index contributed by atoms with van der Waals surface area (Å²) in [6.07, 6.45) is 0. The molecule has 1 N–H and O–H groups in total. The van der Waals surface area contributed by atoms with Gasteiger partial charge in [0.05, 0.1) is 14.7 Å². The molecule has 2 aromatic rings. The van der Waals surface area contributed by atoms with Gasteiger partial charge in [0, 0.05) is 5.39 Å². The first-order valence-corrected chi connectivity index (χ1v) is 9.65. The summed E-state index contributed by atoms with van der Waals surface area (Å²) in [4.78, 5) is -3.50. The van der Waals surface area contributed by atoms with Gasteiger partial charge in [0.25, 0.3) is 10.1 Å². The zero-order valence-electron chi connectivity index (χ0n) is 13.7. The van der Waals surface area contributed by atoms with Crippen LogP contribution >= 0.6 is 0 Å². The van der Waals surface area contributed by atoms with Crippen LogP contribution in [-0.4, -0.2) is 38.9 Å². The Morgan fingerprint density at radius 3 is 1.62 bits per heavy atom. The van der Waals surface area contributed by atoms with E-state index < -0.39 is 61.6 Å². The molecule has 0 spiro atoms. The van der Waals surface area contributed by atoms with Crippen LogP contribution in [0.1, 0.15) is 0 Å². The molecule has 0 aliphatic rings. The molecule has 0 atom stereocenters. The first kappa shape index (κ1) is 29.4. The van der Waals surface area contributed by atoms with Crippen molar-refractivity contribution >= 4 is 41.1 Å². The van der Waals surface area contributed by atoms with Crippen molar-refractivity contribution in [2.24, 2.45) is 0 Å². The third kappa shape index (κ3) is 6.64. The first-order chi connectivity index (χ1) is 10.2. The second kappa shape index (κ2) is 9.82. The molecule has 0 fully saturated rings. The quantitative estimate of drug-likeness (QED) is 0.347. The summed E-state index contributed by atoms with van der Waals surface area (Å²) >= 11 is 0. The van der Waals surface area contributed by atoms with Crippen LogP contribution in [0.25, 0.3) is 10.8 Å². The van der Waals surface area contributed by atoms with Crippen LogP contribution in [0, 0.1) is 0 Å². The Bertz CT molecular complexity index is 1140. The molecule has 0 radical (unpaired) electrons. The molecule has 0 aromatic heterocycles. The minimum Gasteiger partial charge on any atom is -0.872 e. The minimum absolute atomic E-state index is 0. The largest absolute Gasteiger partial charge is 1.00 e. The van der Waals surface area contributed by atoms with Gasteiger partial charge < -0.3 is 14.2 Å². The fourth-order valence-electron chi connectivity index (χ4n) is 1.86. The van der Waals surface area contributed by atoms with Crippen molar-refractivity contribution in [1.29, 1.82) is 0 Å². The number of benzene rings is 2. The van der Waals surface area contributed by atoms with Crippen LogP contribution in [0.5, 0.6) is 5.75 Å². The van der Waals surface area contributed by atoms with Gasteiger partial charge in [-0.25, -0.2) is 16.8 Å². The van der Waals surface area contributed by atoms with Gasteiger partial charge in [0.2, 0.25) is 0 Å². The van der Waals surface area contributed by atoms with Crippen molar-refractivity contribution in [3.8, 4) is 5.75 Å². The molecule has 0 unspecified atom stereocenters. The van der Waals surface area contributed by atoms with E-state index in [2.05, 4.69) is 0 Å². The van der Waals surface area contributed by atoms with E-state index in [1.807, 2.05) is 0 Å². The van der Waals surface area contributed by atoms with E-state index in [0.717, 1.165) is 0 Å². The van der Waals surface area contributed by atoms with Crippen molar-refractivity contribution in [3.63, 3.8) is 0 Å². The van der Waals surface area contributed by atoms with Gasteiger partial charge in [-0.05, 0) is 23.6 Å². The number of fused-ring (bicyclic) bond motifs is 1. The van der Waals surface area contributed by atoms with Crippen LogP contribution < -0.4 is 93.8 Å². The van der Waals surface area contributed by atoms with E-state index >= 15 is 0 Å². The Labute approximate surface area is 215 Å². The molecule has 0 heterocycles. The van der Waals surface area contributed by atoms with E-state index in [0.29, 0.717) is 18.2 Å². The standard InChI is InChI=1S/C10H8O10S3.3Na/c11-8-2-5-1-6(21(12,13)14)3-9(22(15,16)17)7(5)4-10(8)23(18,19)20;;;/h1-4,11H,(H,12,13,14)(H,15,16,17)(H,18,19,20);;;/q;3*+1/p-3. The summed E-state index contributed by atoms with van der Waals surface area (Å²) in [5.41, 5.74) is 0. The summed E-state index contributed by atoms with van der Waals surface area (Å²) in [5.74, 6) is -1.28. The Morgan fingerprint density at radius 1 is 0.731 bits per heavy atom. The third-order valence-corrected chi connectivity index (χ3v) is 5.35. The molecular weight excluding hydrogens is 445 g/mol. The predicted octanol–water partition coefficient (Wildman–Crippen LogP) is -10.0. The van der Waals surface area contributed by atoms with Gasteiger partial charge >= 0.3 is 88.7 Å². The zero-order valence-corrected chi connectivity index (χ0v) is 22.1. The Balaban J connectivity index is 0. The van der Waals surface area contributed by atoms with Crippen LogP contribution in [0.3, 0.4) is 0 Å². The van der Waals surface area contributed by atoms with E-state index in [9.17, 15) is 39.5 Å². The van der Waals surface area contributed by atoms with Gasteiger partial charge in [-0.2, -0.15) is 8.42 Å². The van der Waals surface area contributed by atoms with Gasteiger partial charge in [-0.1, -0.05) is 11.8 Å². The molecule has 26 heavy (non-hydrogen) atoms. The minimum atomic E-state index is -5.32. The molecule has 16 heteroatoms. The average Bonchev–Trinajstić information content (AvgIpc) is 2.32. The van der Waals surface area contributed by atoms with Gasteiger partial charge in [0.15, 0.2) is 0 Å². The number of hydrogen-bond acceptors (Lipinski definition) is 9. The Morgan fingerprint density at radius 2 is 1.23 bits per heavy atom. The van der Waals surface area contributed by atoms with E-state index in [1.54, 1.807) is 0 Å². The van der Waals surface area contributed by atoms with E-state index in [4.69, 9.17) is 4.55 Å². The topological polar surface area (TPSA) is 192 Å². The second-order valence-corrected chi connectivity index (χ2v) is 8.44. The van der Waals surface area contributed by atoms with Crippen molar-refractivity contribution in [1.82, 2.24) is 0 Å². The van der Waals surface area contributed by atoms with Crippen molar-refractivity contribution in [2.75, 3.05) is 0 Å². The maximum Gasteiger partial charge on any atom is 1.00 e. The fourth-order valence-corrected chi connectivity index (χ4v) is 3.77. The van der Waals surface area contributed by atoms with Crippen molar-refractivity contribution in [2.45, 2.75) is 14.7 Å². The van der Waals surface area contributed by atoms with Crippen LogP contribution in [0.2, 0.25) is 0 Å². The van der Waals surface area contributed by atoms with E-state index in [1.165, 1.54) is 0 Å². The first-order valence-electron chi connectivity index (χ1n) is 5.39. The predicted molar refractivity (Wildman–Crippen MR) is 69.1 cm³/mol. The maximum absolute atomic E-state index is 11.6. The zero-order chi connectivity index (χ0) is 17.8. The fraction of sp³-hybridized carbons (Fsp3) is 0. The van der Waals surface area contributed by atoms with Crippen LogP contribution in [0.15, 0.2) is 39.0 Å². The normalized spacial score (nSPS) is 11.8. The monoisotopic (exact) mass is 450 g/mol. The molecule has 0 saturated heterocycles. The third-order valence-electron chi connectivity index (χ3n) is 2.79. The number of rotatable bonds is 3. The SMILES string of the molecule is O=S(=O)([O-])c1cc(S(=O)(=O)[O-])c2cc(S(=O)(=O)O)c([O-])cc2c1.[Na+].[Na+].[Na+]. The summed E-state index contributed by atoms with van der Waals surface area (Å²) in [5, 5.41) is 10.5.